The summed E-state index contributed by atoms with van der Waals surface area (Å²) >= 11 is -6.39. The van der Waals surface area contributed by atoms with Crippen molar-refractivity contribution in [2.75, 3.05) is 0 Å². The van der Waals surface area contributed by atoms with E-state index in [9.17, 15) is 17.7 Å². The van der Waals surface area contributed by atoms with Crippen molar-refractivity contribution in [1.29, 1.82) is 0 Å². The predicted octanol–water partition coefficient (Wildman–Crippen LogP) is 13.7. The van der Waals surface area contributed by atoms with E-state index in [0.717, 1.165) is 56.4 Å². The van der Waals surface area contributed by atoms with E-state index in [-0.39, 0.29) is 12.8 Å². The Labute approximate surface area is 305 Å². The molecule has 49 heavy (non-hydrogen) atoms. The van der Waals surface area contributed by atoms with Crippen molar-refractivity contribution < 1.29 is 40.4 Å². The summed E-state index contributed by atoms with van der Waals surface area (Å²) in [5.41, 5.74) is 0. The van der Waals surface area contributed by atoms with Crippen molar-refractivity contribution in [3.8, 4) is 0 Å². The third-order valence-corrected chi connectivity index (χ3v) is 17.1. The quantitative estimate of drug-likeness (QED) is 0.0367. The first-order valence-corrected chi connectivity index (χ1v) is 24.5. The fraction of sp³-hybridized carbons (Fsp3) is 0.881. The van der Waals surface area contributed by atoms with Crippen molar-refractivity contribution >= 4 is 16.0 Å². The maximum atomic E-state index is 14.5. The van der Waals surface area contributed by atoms with E-state index in [0.29, 0.717) is 12.8 Å². The first-order valence-electron chi connectivity index (χ1n) is 20.9. The molecule has 6 nitrogen and oxygen atoms in total. The molecule has 0 saturated heterocycles. The molecule has 0 atom stereocenters. The van der Waals surface area contributed by atoms with E-state index < -0.39 is 36.3 Å². The van der Waals surface area contributed by atoms with Crippen LogP contribution in [-0.2, 0) is 40.4 Å². The summed E-state index contributed by atoms with van der Waals surface area (Å²) in [6.07, 6.45) is 31.6. The van der Waals surface area contributed by atoms with Crippen molar-refractivity contribution in [3.63, 3.8) is 0 Å². The normalized spacial score (nSPS) is 12.2. The van der Waals surface area contributed by atoms with Crippen LogP contribution in [-0.4, -0.2) is 16.0 Å². The average Bonchev–Trinajstić information content (AvgIpc) is 3.04. The van der Waals surface area contributed by atoms with E-state index in [1.807, 2.05) is 0 Å². The van der Waals surface area contributed by atoms with E-state index in [2.05, 4.69) is 34.3 Å². The number of carbonyl (C=O) groups excluding carboxylic acids is 3. The molecular formula is C42H80O6Ti. The molecule has 7 heteroatoms. The van der Waals surface area contributed by atoms with Crippen LogP contribution in [0.1, 0.15) is 221 Å². The third kappa shape index (κ3) is 23.9. The van der Waals surface area contributed by atoms with Crippen LogP contribution in [0.25, 0.3) is 0 Å². The number of hydrogen-bond acceptors (Lipinski definition) is 6. The second-order valence-electron chi connectivity index (χ2n) is 16.1. The summed E-state index contributed by atoms with van der Waals surface area (Å²) in [4.78, 5) is 38.8. The zero-order valence-corrected chi connectivity index (χ0v) is 34.8. The molecular weight excluding hydrogens is 648 g/mol. The Morgan fingerprint density at radius 1 is 0.490 bits per heavy atom. The van der Waals surface area contributed by atoms with E-state index >= 15 is 0 Å². The third-order valence-electron chi connectivity index (χ3n) is 10.1. The Morgan fingerprint density at radius 3 is 1.10 bits per heavy atom. The summed E-state index contributed by atoms with van der Waals surface area (Å²) in [7, 11) is 0. The minimum atomic E-state index is -6.39. The molecule has 0 saturated carbocycles. The van der Waals surface area contributed by atoms with E-state index in [4.69, 9.17) is 6.64 Å². The van der Waals surface area contributed by atoms with Crippen LogP contribution < -0.4 is 0 Å². The molecule has 0 radical (unpaired) electrons. The van der Waals surface area contributed by atoms with Gasteiger partial charge in [-0.1, -0.05) is 72.6 Å². The summed E-state index contributed by atoms with van der Waals surface area (Å²) in [5.74, 6) is -0.0709. The molecule has 0 aliphatic rings. The molecule has 0 rings (SSSR count). The Hall–Kier alpha value is -1.14. The fourth-order valence-electron chi connectivity index (χ4n) is 6.61. The minimum absolute atomic E-state index is 0.0223. The second-order valence-corrected chi connectivity index (χ2v) is 22.7. The summed E-state index contributed by atoms with van der Waals surface area (Å²) in [5, 5.41) is 0. The zero-order chi connectivity index (χ0) is 36.8. The molecule has 0 bridgehead atoms. The Bertz CT molecular complexity index is 939. The van der Waals surface area contributed by atoms with E-state index in [1.165, 1.54) is 116 Å². The van der Waals surface area contributed by atoms with Gasteiger partial charge in [0.1, 0.15) is 0 Å². The standard InChI is InChI=1S/C18H36O2.C18H35O.C3H4O2.C3H7.O.Ti/c1-17(2)15-13-11-9-7-5-3-4-6-8-10-12-14-16-18(19)20;1-18(2)16-14-12-10-8-6-4-3-5-7-9-11-13-15-17-19;1-2-3(4)5;1-3-2;;/h17H,3-16H2,1-2H3,(H,19,20);18H,3-16H2,1-2H3;2H,1H2,(H,4,5);3H,1-2H3;;/q;;;;;+2/p-2. The number of hydrogen-bond donors (Lipinski definition) is 0. The topological polar surface area (TPSA) is 86.7 Å². The molecule has 0 aromatic rings. The van der Waals surface area contributed by atoms with Gasteiger partial charge in [-0.3, -0.25) is 0 Å². The summed E-state index contributed by atoms with van der Waals surface area (Å²) in [6.45, 7) is 15.7. The van der Waals surface area contributed by atoms with Gasteiger partial charge in [0.25, 0.3) is 0 Å². The van der Waals surface area contributed by atoms with Gasteiger partial charge >= 0.3 is 222 Å². The molecule has 0 aromatic heterocycles. The van der Waals surface area contributed by atoms with Gasteiger partial charge in [0.2, 0.25) is 0 Å². The van der Waals surface area contributed by atoms with Crippen LogP contribution in [0.4, 0.5) is 0 Å². The predicted molar refractivity (Wildman–Crippen MR) is 202 cm³/mol. The monoisotopic (exact) mass is 729 g/mol. The first kappa shape index (κ1) is 47.9. The van der Waals surface area contributed by atoms with Crippen LogP contribution in [0.5, 0.6) is 0 Å². The number of rotatable bonds is 35. The Balaban J connectivity index is 4.43. The fourth-order valence-corrected chi connectivity index (χ4v) is 11.3. The van der Waals surface area contributed by atoms with Gasteiger partial charge in [0.15, 0.2) is 0 Å². The Morgan fingerprint density at radius 2 is 0.796 bits per heavy atom. The molecule has 0 aliphatic carbocycles. The number of unbranched alkanes of at least 4 members (excludes halogenated alkanes) is 22. The van der Waals surface area contributed by atoms with Gasteiger partial charge in [-0.2, -0.15) is 0 Å². The molecule has 0 heterocycles. The SMILES string of the molecule is C=CC(=O)[O][Ti](=[O])([O]C(=O)CCCCCCCCCCCCCCC(C)C)([C](=O)CCCCCCCCCCCCCCC(C)C)[CH](C)C. The zero-order valence-electron chi connectivity index (χ0n) is 33.3. The van der Waals surface area contributed by atoms with Crippen molar-refractivity contribution in [1.82, 2.24) is 0 Å². The molecule has 0 aliphatic heterocycles. The van der Waals surface area contributed by atoms with Crippen molar-refractivity contribution in [2.45, 2.75) is 226 Å². The van der Waals surface area contributed by atoms with Gasteiger partial charge < -0.3 is 0 Å². The van der Waals surface area contributed by atoms with Crippen molar-refractivity contribution in [3.05, 3.63) is 12.7 Å². The van der Waals surface area contributed by atoms with Crippen LogP contribution in [0.15, 0.2) is 12.7 Å². The summed E-state index contributed by atoms with van der Waals surface area (Å²) < 4.78 is 23.8. The van der Waals surface area contributed by atoms with Crippen LogP contribution in [0.2, 0.25) is 4.22 Å². The Kier molecular flexibility index (Phi) is 28.8. The molecule has 288 valence electrons. The van der Waals surface area contributed by atoms with E-state index in [1.54, 1.807) is 13.8 Å². The maximum absolute atomic E-state index is 14.5. The summed E-state index contributed by atoms with van der Waals surface area (Å²) in [6, 6.07) is 0. The van der Waals surface area contributed by atoms with Gasteiger partial charge in [0.05, 0.1) is 0 Å². The first-order chi connectivity index (χ1) is 23.4. The molecule has 0 fully saturated rings. The van der Waals surface area contributed by atoms with Gasteiger partial charge in [-0.05, 0) is 11.8 Å². The van der Waals surface area contributed by atoms with Gasteiger partial charge in [-0.15, -0.1) is 0 Å². The molecule has 0 N–H and O–H groups in total. The molecule has 0 unspecified atom stereocenters. The average molecular weight is 729 g/mol. The second kappa shape index (κ2) is 29.4. The van der Waals surface area contributed by atoms with Crippen LogP contribution in [0, 0.1) is 11.8 Å². The van der Waals surface area contributed by atoms with Crippen molar-refractivity contribution in [2.24, 2.45) is 11.8 Å². The molecule has 0 amide bonds. The van der Waals surface area contributed by atoms with Gasteiger partial charge in [0, 0.05) is 0 Å². The number of carbonyl (C=O) groups is 3. The van der Waals surface area contributed by atoms with Gasteiger partial charge in [-0.25, -0.2) is 0 Å². The molecule has 0 spiro atoms. The van der Waals surface area contributed by atoms with Crippen LogP contribution in [0.3, 0.4) is 0 Å². The van der Waals surface area contributed by atoms with Crippen LogP contribution >= 0.6 is 0 Å². The molecule has 0 aromatic carbocycles.